The third-order valence-corrected chi connectivity index (χ3v) is 5.60. The van der Waals surface area contributed by atoms with Gasteiger partial charge in [0.25, 0.3) is 11.8 Å². The van der Waals surface area contributed by atoms with Gasteiger partial charge >= 0.3 is 6.36 Å². The third-order valence-electron chi connectivity index (χ3n) is 3.93. The summed E-state index contributed by atoms with van der Waals surface area (Å²) in [6.07, 6.45) is -4.84. The van der Waals surface area contributed by atoms with Crippen LogP contribution in [-0.2, 0) is 11.1 Å². The molecule has 0 saturated carbocycles. The van der Waals surface area contributed by atoms with E-state index in [0.29, 0.717) is 9.13 Å². The highest BCUT2D eigenvalue weighted by Crippen LogP contribution is 2.27. The summed E-state index contributed by atoms with van der Waals surface area (Å²) in [7, 11) is 0. The molecule has 0 saturated heterocycles. The van der Waals surface area contributed by atoms with Crippen LogP contribution in [0.25, 0.3) is 0 Å². The van der Waals surface area contributed by atoms with E-state index in [0.717, 1.165) is 12.1 Å². The van der Waals surface area contributed by atoms with Gasteiger partial charge in [0.15, 0.2) is 0 Å². The van der Waals surface area contributed by atoms with Crippen molar-refractivity contribution in [1.29, 1.82) is 0 Å². The number of hydrogen-bond donors (Lipinski definition) is 2. The van der Waals surface area contributed by atoms with Crippen molar-refractivity contribution in [3.63, 3.8) is 0 Å². The minimum Gasteiger partial charge on any atom is -0.772 e. The highest BCUT2D eigenvalue weighted by molar-refractivity contribution is 14.1. The molecule has 0 bridgehead atoms. The molecule has 2 rings (SSSR count). The molecule has 0 aliphatic heterocycles. The molecule has 0 fully saturated rings. The molecule has 2 N–H and O–H groups in total. The number of rotatable bonds is 7. The number of ether oxygens (including phenoxy) is 1. The minimum absolute atomic E-state index is 0.0230. The molecule has 0 aromatic heterocycles. The Kier molecular flexibility index (Phi) is 8.42. The molecule has 2 aromatic carbocycles. The van der Waals surface area contributed by atoms with E-state index >= 15 is 0 Å². The molecule has 31 heavy (non-hydrogen) atoms. The lowest BCUT2D eigenvalue weighted by Crippen LogP contribution is -2.37. The number of halogens is 4. The first-order chi connectivity index (χ1) is 14.4. The summed E-state index contributed by atoms with van der Waals surface area (Å²) in [4.78, 5) is 25.5. The number of hydrogen-bond acceptors (Lipinski definition) is 5. The first kappa shape index (κ1) is 25.1. The summed E-state index contributed by atoms with van der Waals surface area (Å²) in [5, 5.41) is 5.10. The van der Waals surface area contributed by atoms with E-state index in [1.54, 1.807) is 12.1 Å². The zero-order valence-corrected chi connectivity index (χ0v) is 19.2. The molecule has 2 atom stereocenters. The van der Waals surface area contributed by atoms with Gasteiger partial charge in [0.1, 0.15) is 5.75 Å². The molecule has 2 amide bonds. The molecule has 0 radical (unpaired) electrons. The van der Waals surface area contributed by atoms with Gasteiger partial charge in [-0.25, -0.2) is 0 Å². The lowest BCUT2D eigenvalue weighted by molar-refractivity contribution is -0.274. The Morgan fingerprint density at radius 3 is 2.48 bits per heavy atom. The monoisotopic (exact) mass is 569 g/mol. The van der Waals surface area contributed by atoms with Crippen LogP contribution in [0.5, 0.6) is 5.75 Å². The fourth-order valence-electron chi connectivity index (χ4n) is 2.65. The summed E-state index contributed by atoms with van der Waals surface area (Å²) in [5.74, 6) is -2.00. The molecular formula is C19H17F3IN2O5S-. The van der Waals surface area contributed by atoms with E-state index in [4.69, 9.17) is 0 Å². The average molecular weight is 569 g/mol. The van der Waals surface area contributed by atoms with Crippen molar-refractivity contribution >= 4 is 51.2 Å². The van der Waals surface area contributed by atoms with E-state index in [2.05, 4.69) is 15.4 Å². The Balaban J connectivity index is 2.25. The Bertz CT molecular complexity index is 1020. The summed E-state index contributed by atoms with van der Waals surface area (Å²) < 4.78 is 63.0. The Labute approximate surface area is 192 Å². The molecule has 2 aromatic rings. The predicted octanol–water partition coefficient (Wildman–Crippen LogP) is 3.75. The topological polar surface area (TPSA) is 108 Å². The lowest BCUT2D eigenvalue weighted by Gasteiger charge is -2.18. The lowest BCUT2D eigenvalue weighted by atomic mass is 10.1. The number of aryl methyl sites for hydroxylation is 1. The maximum Gasteiger partial charge on any atom is 0.573 e. The number of amides is 2. The van der Waals surface area contributed by atoms with Gasteiger partial charge in [-0.05, 0) is 72.3 Å². The zero-order valence-electron chi connectivity index (χ0n) is 16.2. The molecule has 12 heteroatoms. The van der Waals surface area contributed by atoms with Crippen LogP contribution in [0.4, 0.5) is 18.9 Å². The maximum absolute atomic E-state index is 12.8. The zero-order chi connectivity index (χ0) is 23.3. The van der Waals surface area contributed by atoms with Crippen molar-refractivity contribution in [3.8, 4) is 5.75 Å². The van der Waals surface area contributed by atoms with E-state index in [1.807, 2.05) is 22.6 Å². The fraction of sp³-hybridized carbons (Fsp3) is 0.263. The molecule has 0 aliphatic carbocycles. The van der Waals surface area contributed by atoms with E-state index < -0.39 is 41.0 Å². The molecule has 0 aliphatic rings. The van der Waals surface area contributed by atoms with Crippen LogP contribution >= 0.6 is 22.6 Å². The molecule has 0 spiro atoms. The van der Waals surface area contributed by atoms with Gasteiger partial charge in [-0.3, -0.25) is 13.8 Å². The van der Waals surface area contributed by atoms with Crippen molar-refractivity contribution in [2.75, 3.05) is 11.1 Å². The molecule has 0 heterocycles. The number of nitrogens with one attached hydrogen (secondary N) is 2. The molecule has 168 valence electrons. The van der Waals surface area contributed by atoms with Crippen molar-refractivity contribution in [3.05, 3.63) is 56.7 Å². The Hall–Kier alpha value is -2.19. The summed E-state index contributed by atoms with van der Waals surface area (Å²) in [6.45, 7) is 3.00. The van der Waals surface area contributed by atoms with E-state index in [-0.39, 0.29) is 22.6 Å². The smallest absolute Gasteiger partial charge is 0.573 e. The second-order valence-electron chi connectivity index (χ2n) is 6.49. The largest absolute Gasteiger partial charge is 0.772 e. The Morgan fingerprint density at radius 1 is 1.23 bits per heavy atom. The van der Waals surface area contributed by atoms with Crippen LogP contribution in [0.15, 0.2) is 36.4 Å². The molecule has 7 nitrogen and oxygen atoms in total. The second kappa shape index (κ2) is 10.4. The summed E-state index contributed by atoms with van der Waals surface area (Å²) in [6, 6.07) is 7.35. The van der Waals surface area contributed by atoms with Crippen LogP contribution in [0.2, 0.25) is 0 Å². The molecule has 1 unspecified atom stereocenters. The number of anilines is 1. The molecular weight excluding hydrogens is 552 g/mol. The van der Waals surface area contributed by atoms with Gasteiger partial charge in [0.2, 0.25) is 0 Å². The van der Waals surface area contributed by atoms with Gasteiger partial charge in [0, 0.05) is 21.1 Å². The quantitative estimate of drug-likeness (QED) is 0.391. The standard InChI is InChI=1S/C19H18F3IN2O5S/c1-10-8-12(30-19(20,21)22)6-7-15(10)25-17(26)13-4-3-5-14(23)16(13)18(27)24-11(2)9-31(28)29/h3-8,11H,9H2,1-2H3,(H,24,27)(H,25,26)(H,28,29)/p-1/t11-/m0/s1. The predicted molar refractivity (Wildman–Crippen MR) is 116 cm³/mol. The number of carbonyl (C=O) groups is 2. The maximum atomic E-state index is 12.8. The fourth-order valence-corrected chi connectivity index (χ4v) is 3.88. The van der Waals surface area contributed by atoms with E-state index in [9.17, 15) is 31.5 Å². The van der Waals surface area contributed by atoms with Crippen LogP contribution in [0.1, 0.15) is 33.2 Å². The minimum atomic E-state index is -4.84. The van der Waals surface area contributed by atoms with Crippen molar-refractivity contribution in [2.24, 2.45) is 0 Å². The summed E-state index contributed by atoms with van der Waals surface area (Å²) in [5.41, 5.74) is 0.631. The van der Waals surface area contributed by atoms with Gasteiger partial charge in [-0.15, -0.1) is 13.2 Å². The summed E-state index contributed by atoms with van der Waals surface area (Å²) >= 11 is -0.477. The number of carbonyl (C=O) groups excluding carboxylic acids is 2. The van der Waals surface area contributed by atoms with E-state index in [1.165, 1.54) is 26.0 Å². The van der Waals surface area contributed by atoms with Crippen molar-refractivity contribution in [1.82, 2.24) is 5.32 Å². The Morgan fingerprint density at radius 2 is 1.90 bits per heavy atom. The van der Waals surface area contributed by atoms with Crippen LogP contribution in [0.3, 0.4) is 0 Å². The first-order valence-corrected chi connectivity index (χ1v) is 11.0. The van der Waals surface area contributed by atoms with Crippen LogP contribution in [0, 0.1) is 10.5 Å². The van der Waals surface area contributed by atoms with Gasteiger partial charge < -0.3 is 19.9 Å². The van der Waals surface area contributed by atoms with Gasteiger partial charge in [-0.2, -0.15) is 0 Å². The van der Waals surface area contributed by atoms with Crippen LogP contribution in [-0.4, -0.2) is 38.7 Å². The SMILES string of the molecule is Cc1cc(OC(F)(F)F)ccc1NC(=O)c1cccc(I)c1C(=O)N[C@@H](C)CS(=O)[O-]. The third kappa shape index (κ3) is 7.47. The number of benzene rings is 2. The van der Waals surface area contributed by atoms with Crippen LogP contribution < -0.4 is 15.4 Å². The van der Waals surface area contributed by atoms with Crippen molar-refractivity contribution in [2.45, 2.75) is 26.3 Å². The second-order valence-corrected chi connectivity index (χ2v) is 8.59. The normalized spacial score (nSPS) is 13.3. The number of alkyl halides is 3. The van der Waals surface area contributed by atoms with Crippen molar-refractivity contribution < 1.29 is 36.3 Å². The van der Waals surface area contributed by atoms with Gasteiger partial charge in [0.05, 0.1) is 11.1 Å². The first-order valence-electron chi connectivity index (χ1n) is 8.70. The average Bonchev–Trinajstić information content (AvgIpc) is 2.61. The highest BCUT2D eigenvalue weighted by atomic mass is 127. The van der Waals surface area contributed by atoms with Gasteiger partial charge in [-0.1, -0.05) is 17.1 Å². The highest BCUT2D eigenvalue weighted by Gasteiger charge is 2.31.